The lowest BCUT2D eigenvalue weighted by Gasteiger charge is -2.32. The molecule has 1 aliphatic heterocycles. The molecule has 1 fully saturated rings. The molecule has 3 N–H and O–H groups in total. The Hall–Kier alpha value is -2.41. The third-order valence-corrected chi connectivity index (χ3v) is 4.96. The van der Waals surface area contributed by atoms with E-state index in [-0.39, 0.29) is 17.7 Å². The lowest BCUT2D eigenvalue weighted by Crippen LogP contribution is -2.41. The summed E-state index contributed by atoms with van der Waals surface area (Å²) < 4.78 is 0.739. The maximum absolute atomic E-state index is 12.3. The van der Waals surface area contributed by atoms with Crippen LogP contribution in [0.3, 0.4) is 0 Å². The van der Waals surface area contributed by atoms with E-state index >= 15 is 0 Å². The van der Waals surface area contributed by atoms with E-state index < -0.39 is 0 Å². The summed E-state index contributed by atoms with van der Waals surface area (Å²) in [5.41, 5.74) is 6.60. The Kier molecular flexibility index (Phi) is 5.33. The molecule has 25 heavy (non-hydrogen) atoms. The number of pyridine rings is 1. The third kappa shape index (κ3) is 4.17. The lowest BCUT2D eigenvalue weighted by atomic mass is 9.97. The molecule has 1 aromatic heterocycles. The summed E-state index contributed by atoms with van der Waals surface area (Å²) in [6, 6.07) is 10.9. The Labute approximate surface area is 154 Å². The molecule has 1 atom stereocenters. The summed E-state index contributed by atoms with van der Waals surface area (Å²) in [4.78, 5) is 30.2. The minimum Gasteiger partial charge on any atom is -0.369 e. The summed E-state index contributed by atoms with van der Waals surface area (Å²) in [6.07, 6.45) is 3.36. The highest BCUT2D eigenvalue weighted by Gasteiger charge is 2.24. The van der Waals surface area contributed by atoms with Crippen molar-refractivity contribution in [2.24, 2.45) is 11.7 Å². The van der Waals surface area contributed by atoms with E-state index in [0.29, 0.717) is 17.8 Å². The smallest absolute Gasteiger partial charge is 0.256 e. The summed E-state index contributed by atoms with van der Waals surface area (Å²) in [6.45, 7) is 1.43. The minimum absolute atomic E-state index is 0.134. The van der Waals surface area contributed by atoms with Crippen molar-refractivity contribution >= 4 is 39.2 Å². The lowest BCUT2D eigenvalue weighted by molar-refractivity contribution is -0.122. The number of piperidine rings is 1. The van der Waals surface area contributed by atoms with Crippen LogP contribution in [-0.4, -0.2) is 29.9 Å². The molecule has 2 amide bonds. The molecule has 1 aliphatic rings. The Balaban J connectivity index is 1.67. The number of halogens is 1. The fourth-order valence-electron chi connectivity index (χ4n) is 2.91. The fourth-order valence-corrected chi connectivity index (χ4v) is 3.37. The van der Waals surface area contributed by atoms with Gasteiger partial charge in [-0.1, -0.05) is 12.1 Å². The van der Waals surface area contributed by atoms with Gasteiger partial charge in [0, 0.05) is 17.6 Å². The maximum Gasteiger partial charge on any atom is 0.256 e. The van der Waals surface area contributed by atoms with Gasteiger partial charge in [-0.05, 0) is 53.0 Å². The van der Waals surface area contributed by atoms with Crippen molar-refractivity contribution in [1.29, 1.82) is 0 Å². The summed E-state index contributed by atoms with van der Waals surface area (Å²) >= 11 is 3.37. The van der Waals surface area contributed by atoms with Crippen LogP contribution < -0.4 is 16.0 Å². The van der Waals surface area contributed by atoms with E-state index in [0.717, 1.165) is 29.7 Å². The molecule has 1 aromatic carbocycles. The molecular formula is C18H19BrN4O2. The second kappa shape index (κ2) is 7.65. The summed E-state index contributed by atoms with van der Waals surface area (Å²) in [5.74, 6) is 0.186. The number of amides is 2. The highest BCUT2D eigenvalue weighted by molar-refractivity contribution is 9.10. The van der Waals surface area contributed by atoms with Gasteiger partial charge in [0.25, 0.3) is 5.91 Å². The third-order valence-electron chi connectivity index (χ3n) is 4.27. The molecule has 7 heteroatoms. The SMILES string of the molecule is NC(=O)C1CCCN(c2ccc(NC(=O)c3ccccc3Br)cn2)C1. The highest BCUT2D eigenvalue weighted by atomic mass is 79.9. The Morgan fingerprint density at radius 2 is 2.04 bits per heavy atom. The minimum atomic E-state index is -0.262. The summed E-state index contributed by atoms with van der Waals surface area (Å²) in [7, 11) is 0. The average Bonchev–Trinajstić information content (AvgIpc) is 2.62. The number of carbonyl (C=O) groups is 2. The van der Waals surface area contributed by atoms with Gasteiger partial charge in [-0.25, -0.2) is 4.98 Å². The molecule has 1 saturated heterocycles. The van der Waals surface area contributed by atoms with Gasteiger partial charge >= 0.3 is 0 Å². The summed E-state index contributed by atoms with van der Waals surface area (Å²) in [5, 5.41) is 2.83. The molecule has 1 unspecified atom stereocenters. The van der Waals surface area contributed by atoms with Crippen molar-refractivity contribution in [3.8, 4) is 0 Å². The van der Waals surface area contributed by atoms with E-state index in [2.05, 4.69) is 31.1 Å². The number of carbonyl (C=O) groups excluding carboxylic acids is 2. The number of rotatable bonds is 4. The number of nitrogens with zero attached hydrogens (tertiary/aromatic N) is 2. The molecule has 130 valence electrons. The number of hydrogen-bond acceptors (Lipinski definition) is 4. The Bertz CT molecular complexity index is 779. The standard InChI is InChI=1S/C18H19BrN4O2/c19-15-6-2-1-5-14(15)18(25)22-13-7-8-16(21-10-13)23-9-3-4-12(11-23)17(20)24/h1-2,5-8,10,12H,3-4,9,11H2,(H2,20,24)(H,22,25). The Morgan fingerprint density at radius 1 is 1.24 bits per heavy atom. The topological polar surface area (TPSA) is 88.3 Å². The number of nitrogens with two attached hydrogens (primary N) is 1. The van der Waals surface area contributed by atoms with Gasteiger partial charge in [0.2, 0.25) is 5.91 Å². The van der Waals surface area contributed by atoms with Crippen LogP contribution in [0.25, 0.3) is 0 Å². The van der Waals surface area contributed by atoms with Crippen LogP contribution in [0.1, 0.15) is 23.2 Å². The first-order valence-electron chi connectivity index (χ1n) is 8.11. The molecule has 0 radical (unpaired) electrons. The van der Waals surface area contributed by atoms with Crippen molar-refractivity contribution in [1.82, 2.24) is 4.98 Å². The monoisotopic (exact) mass is 402 g/mol. The second-order valence-electron chi connectivity index (χ2n) is 6.03. The fraction of sp³-hybridized carbons (Fsp3) is 0.278. The maximum atomic E-state index is 12.3. The predicted octanol–water partition coefficient (Wildman–Crippen LogP) is 2.80. The van der Waals surface area contributed by atoms with Gasteiger partial charge in [-0.3, -0.25) is 9.59 Å². The number of anilines is 2. The van der Waals surface area contributed by atoms with Crippen LogP contribution in [0, 0.1) is 5.92 Å². The van der Waals surface area contributed by atoms with E-state index in [9.17, 15) is 9.59 Å². The van der Waals surface area contributed by atoms with E-state index in [1.54, 1.807) is 12.3 Å². The molecule has 0 spiro atoms. The number of primary amides is 1. The van der Waals surface area contributed by atoms with E-state index in [1.165, 1.54) is 0 Å². The number of hydrogen-bond donors (Lipinski definition) is 2. The first-order valence-corrected chi connectivity index (χ1v) is 8.90. The van der Waals surface area contributed by atoms with Crippen LogP contribution in [0.2, 0.25) is 0 Å². The molecule has 0 aliphatic carbocycles. The number of aromatic nitrogens is 1. The van der Waals surface area contributed by atoms with Crippen LogP contribution in [0.15, 0.2) is 47.1 Å². The zero-order chi connectivity index (χ0) is 17.8. The van der Waals surface area contributed by atoms with Gasteiger partial charge in [-0.2, -0.15) is 0 Å². The largest absolute Gasteiger partial charge is 0.369 e. The van der Waals surface area contributed by atoms with E-state index in [4.69, 9.17) is 5.73 Å². The van der Waals surface area contributed by atoms with Gasteiger partial charge in [0.05, 0.1) is 23.4 Å². The highest BCUT2D eigenvalue weighted by Crippen LogP contribution is 2.23. The van der Waals surface area contributed by atoms with Gasteiger partial charge in [-0.15, -0.1) is 0 Å². The van der Waals surface area contributed by atoms with Crippen LogP contribution >= 0.6 is 15.9 Å². The molecular weight excluding hydrogens is 384 g/mol. The number of nitrogens with one attached hydrogen (secondary N) is 1. The van der Waals surface area contributed by atoms with Gasteiger partial charge in [0.15, 0.2) is 0 Å². The molecule has 3 rings (SSSR count). The Morgan fingerprint density at radius 3 is 2.72 bits per heavy atom. The quantitative estimate of drug-likeness (QED) is 0.822. The molecule has 0 bridgehead atoms. The second-order valence-corrected chi connectivity index (χ2v) is 6.88. The average molecular weight is 403 g/mol. The first kappa shape index (κ1) is 17.4. The molecule has 0 saturated carbocycles. The van der Waals surface area contributed by atoms with Gasteiger partial charge in [0.1, 0.15) is 5.82 Å². The van der Waals surface area contributed by atoms with E-state index in [1.807, 2.05) is 30.3 Å². The van der Waals surface area contributed by atoms with Crippen molar-refractivity contribution in [2.45, 2.75) is 12.8 Å². The first-order chi connectivity index (χ1) is 12.0. The van der Waals surface area contributed by atoms with Crippen molar-refractivity contribution in [2.75, 3.05) is 23.3 Å². The molecule has 2 heterocycles. The molecule has 6 nitrogen and oxygen atoms in total. The van der Waals surface area contributed by atoms with Crippen molar-refractivity contribution in [3.05, 3.63) is 52.6 Å². The normalized spacial score (nSPS) is 17.2. The molecule has 2 aromatic rings. The van der Waals surface area contributed by atoms with Crippen molar-refractivity contribution in [3.63, 3.8) is 0 Å². The zero-order valence-electron chi connectivity index (χ0n) is 13.6. The predicted molar refractivity (Wildman–Crippen MR) is 100 cm³/mol. The number of benzene rings is 1. The van der Waals surface area contributed by atoms with Gasteiger partial charge < -0.3 is 16.0 Å². The van der Waals surface area contributed by atoms with Crippen LogP contribution in [-0.2, 0) is 4.79 Å². The van der Waals surface area contributed by atoms with Crippen LogP contribution in [0.4, 0.5) is 11.5 Å². The zero-order valence-corrected chi connectivity index (χ0v) is 15.2. The van der Waals surface area contributed by atoms with Crippen LogP contribution in [0.5, 0.6) is 0 Å². The van der Waals surface area contributed by atoms with Crippen molar-refractivity contribution < 1.29 is 9.59 Å².